The number of aromatic nitrogens is 4. The van der Waals surface area contributed by atoms with Crippen molar-refractivity contribution in [2.75, 3.05) is 5.73 Å². The topological polar surface area (TPSA) is 108 Å². The number of anilines is 1. The molecule has 3 aromatic rings. The van der Waals surface area contributed by atoms with Crippen LogP contribution in [0.5, 0.6) is 5.75 Å². The van der Waals surface area contributed by atoms with Crippen LogP contribution < -0.4 is 15.8 Å². The monoisotopic (exact) mass is 378 g/mol. The Kier molecular flexibility index (Phi) is 4.92. The Hall–Kier alpha value is -3.63. The van der Waals surface area contributed by atoms with Crippen molar-refractivity contribution < 1.29 is 22.7 Å². The lowest BCUT2D eigenvalue weighted by Crippen LogP contribution is -2.24. The van der Waals surface area contributed by atoms with E-state index in [1.54, 1.807) is 24.4 Å². The first-order valence-electron chi connectivity index (χ1n) is 7.59. The van der Waals surface area contributed by atoms with E-state index in [1.807, 2.05) is 0 Å². The van der Waals surface area contributed by atoms with E-state index in [1.165, 1.54) is 12.1 Å². The van der Waals surface area contributed by atoms with Gasteiger partial charge in [-0.2, -0.15) is 4.68 Å². The molecule has 0 aliphatic carbocycles. The average Bonchev–Trinajstić information content (AvgIpc) is 3.01. The second-order valence-corrected chi connectivity index (χ2v) is 5.28. The molecule has 0 radical (unpaired) electrons. The molecule has 140 valence electrons. The highest BCUT2D eigenvalue weighted by molar-refractivity contribution is 5.96. The third-order valence-electron chi connectivity index (χ3n) is 3.39. The number of carbonyl (C=O) groups excluding carboxylic acids is 1. The van der Waals surface area contributed by atoms with E-state index in [2.05, 4.69) is 25.3 Å². The molecule has 0 spiro atoms. The van der Waals surface area contributed by atoms with Crippen molar-refractivity contribution in [1.82, 2.24) is 25.3 Å². The number of pyridine rings is 1. The highest BCUT2D eigenvalue weighted by Crippen LogP contribution is 2.24. The summed E-state index contributed by atoms with van der Waals surface area (Å²) in [6, 6.07) is 10.1. The maximum atomic E-state index is 12.2. The lowest BCUT2D eigenvalue weighted by molar-refractivity contribution is -0.274. The van der Waals surface area contributed by atoms with Crippen LogP contribution in [0.1, 0.15) is 16.2 Å². The molecule has 2 aromatic heterocycles. The van der Waals surface area contributed by atoms with Gasteiger partial charge >= 0.3 is 6.36 Å². The molecule has 0 bridgehead atoms. The minimum absolute atomic E-state index is 0.0574. The number of alkyl halides is 3. The van der Waals surface area contributed by atoms with Crippen LogP contribution in [0.25, 0.3) is 5.69 Å². The fourth-order valence-electron chi connectivity index (χ4n) is 2.19. The summed E-state index contributed by atoms with van der Waals surface area (Å²) in [7, 11) is 0. The number of benzene rings is 1. The first-order valence-corrected chi connectivity index (χ1v) is 7.59. The summed E-state index contributed by atoms with van der Waals surface area (Å²) in [6.07, 6.45) is -3.19. The van der Waals surface area contributed by atoms with Gasteiger partial charge in [-0.1, -0.05) is 11.3 Å². The standard InChI is InChI=1S/C16H13F3N6O2/c17-16(18,19)27-12-6-4-11(5-7-12)25-14(20)13(23-24-25)15(26)22-9-10-3-1-2-8-21-10/h1-8H,9,20H2,(H,22,26). The second kappa shape index (κ2) is 7.32. The predicted octanol–water partition coefficient (Wildman–Crippen LogP) is 2.07. The van der Waals surface area contributed by atoms with Crippen LogP contribution in [0, 0.1) is 0 Å². The van der Waals surface area contributed by atoms with Crippen LogP contribution in [-0.4, -0.2) is 32.2 Å². The number of hydrogen-bond donors (Lipinski definition) is 2. The van der Waals surface area contributed by atoms with Gasteiger partial charge < -0.3 is 15.8 Å². The molecular weight excluding hydrogens is 365 g/mol. The van der Waals surface area contributed by atoms with E-state index < -0.39 is 18.0 Å². The summed E-state index contributed by atoms with van der Waals surface area (Å²) in [5, 5.41) is 10.1. The van der Waals surface area contributed by atoms with Crippen LogP contribution in [0.15, 0.2) is 48.7 Å². The van der Waals surface area contributed by atoms with Crippen molar-refractivity contribution in [2.24, 2.45) is 0 Å². The Morgan fingerprint density at radius 1 is 1.19 bits per heavy atom. The van der Waals surface area contributed by atoms with Crippen molar-refractivity contribution in [3.8, 4) is 11.4 Å². The molecule has 0 saturated carbocycles. The lowest BCUT2D eigenvalue weighted by atomic mass is 10.3. The number of rotatable bonds is 5. The molecule has 1 amide bonds. The molecule has 0 aliphatic rings. The molecule has 3 rings (SSSR count). The van der Waals surface area contributed by atoms with Gasteiger partial charge in [-0.25, -0.2) is 0 Å². The molecular formula is C16H13F3N6O2. The molecule has 0 aliphatic heterocycles. The number of halogens is 3. The van der Waals surface area contributed by atoms with Crippen molar-refractivity contribution in [3.63, 3.8) is 0 Å². The predicted molar refractivity (Wildman–Crippen MR) is 87.9 cm³/mol. The van der Waals surface area contributed by atoms with Gasteiger partial charge in [0.25, 0.3) is 5.91 Å². The van der Waals surface area contributed by atoms with Crippen LogP contribution in [0.3, 0.4) is 0 Å². The van der Waals surface area contributed by atoms with E-state index in [-0.39, 0.29) is 18.1 Å². The van der Waals surface area contributed by atoms with E-state index >= 15 is 0 Å². The summed E-state index contributed by atoms with van der Waals surface area (Å²) in [4.78, 5) is 16.3. The van der Waals surface area contributed by atoms with Crippen molar-refractivity contribution in [1.29, 1.82) is 0 Å². The second-order valence-electron chi connectivity index (χ2n) is 5.28. The zero-order valence-corrected chi connectivity index (χ0v) is 13.6. The van der Waals surface area contributed by atoms with Crippen molar-refractivity contribution >= 4 is 11.7 Å². The van der Waals surface area contributed by atoms with E-state index in [0.717, 1.165) is 16.8 Å². The number of carbonyl (C=O) groups is 1. The normalized spacial score (nSPS) is 11.2. The highest BCUT2D eigenvalue weighted by Gasteiger charge is 2.31. The average molecular weight is 378 g/mol. The fourth-order valence-corrected chi connectivity index (χ4v) is 2.19. The van der Waals surface area contributed by atoms with Crippen LogP contribution in [0.4, 0.5) is 19.0 Å². The van der Waals surface area contributed by atoms with Gasteiger partial charge in [0.1, 0.15) is 5.75 Å². The third kappa shape index (κ3) is 4.51. The first-order chi connectivity index (χ1) is 12.8. The molecule has 0 atom stereocenters. The fraction of sp³-hybridized carbons (Fsp3) is 0.125. The van der Waals surface area contributed by atoms with Gasteiger partial charge in [-0.3, -0.25) is 9.78 Å². The molecule has 2 heterocycles. The Morgan fingerprint density at radius 2 is 1.93 bits per heavy atom. The summed E-state index contributed by atoms with van der Waals surface area (Å²) in [5.41, 5.74) is 6.75. The van der Waals surface area contributed by atoms with Crippen molar-refractivity contribution in [2.45, 2.75) is 12.9 Å². The Balaban J connectivity index is 1.72. The number of hydrogen-bond acceptors (Lipinski definition) is 6. The van der Waals surface area contributed by atoms with E-state index in [4.69, 9.17) is 5.73 Å². The van der Waals surface area contributed by atoms with Gasteiger partial charge in [-0.05, 0) is 36.4 Å². The maximum absolute atomic E-state index is 12.2. The van der Waals surface area contributed by atoms with Crippen LogP contribution in [-0.2, 0) is 6.54 Å². The zero-order chi connectivity index (χ0) is 19.4. The molecule has 27 heavy (non-hydrogen) atoms. The SMILES string of the molecule is Nc1c(C(=O)NCc2ccccn2)nnn1-c1ccc(OC(F)(F)F)cc1. The lowest BCUT2D eigenvalue weighted by Gasteiger charge is -2.09. The highest BCUT2D eigenvalue weighted by atomic mass is 19.4. The zero-order valence-electron chi connectivity index (χ0n) is 13.6. The molecule has 0 unspecified atom stereocenters. The number of nitrogen functional groups attached to an aromatic ring is 1. The third-order valence-corrected chi connectivity index (χ3v) is 3.39. The first kappa shape index (κ1) is 18.2. The van der Waals surface area contributed by atoms with Crippen LogP contribution in [0.2, 0.25) is 0 Å². The quantitative estimate of drug-likeness (QED) is 0.704. The van der Waals surface area contributed by atoms with E-state index in [0.29, 0.717) is 11.4 Å². The maximum Gasteiger partial charge on any atom is 0.573 e. The number of amides is 1. The number of nitrogens with two attached hydrogens (primary N) is 1. The smallest absolute Gasteiger partial charge is 0.406 e. The molecule has 8 nitrogen and oxygen atoms in total. The Labute approximate surface area is 150 Å². The van der Waals surface area contributed by atoms with Gasteiger partial charge in [-0.15, -0.1) is 18.3 Å². The van der Waals surface area contributed by atoms with Gasteiger partial charge in [0.15, 0.2) is 11.5 Å². The Morgan fingerprint density at radius 3 is 2.56 bits per heavy atom. The largest absolute Gasteiger partial charge is 0.573 e. The minimum atomic E-state index is -4.79. The number of nitrogens with one attached hydrogen (secondary N) is 1. The summed E-state index contributed by atoms with van der Waals surface area (Å²) in [6.45, 7) is 0.176. The molecule has 3 N–H and O–H groups in total. The van der Waals surface area contributed by atoms with Gasteiger partial charge in [0, 0.05) is 6.20 Å². The van der Waals surface area contributed by atoms with Crippen molar-refractivity contribution in [3.05, 3.63) is 60.0 Å². The molecule has 0 saturated heterocycles. The Bertz CT molecular complexity index is 926. The van der Waals surface area contributed by atoms with Gasteiger partial charge in [0.2, 0.25) is 0 Å². The molecule has 11 heteroatoms. The minimum Gasteiger partial charge on any atom is -0.406 e. The summed E-state index contributed by atoms with van der Waals surface area (Å²) >= 11 is 0. The number of nitrogens with zero attached hydrogens (tertiary/aromatic N) is 4. The number of ether oxygens (including phenoxy) is 1. The molecule has 0 fully saturated rings. The summed E-state index contributed by atoms with van der Waals surface area (Å²) in [5.74, 6) is -1.00. The van der Waals surface area contributed by atoms with Gasteiger partial charge in [0.05, 0.1) is 17.9 Å². The summed E-state index contributed by atoms with van der Waals surface area (Å²) < 4.78 is 41.5. The van der Waals surface area contributed by atoms with E-state index in [9.17, 15) is 18.0 Å². The van der Waals surface area contributed by atoms with Crippen LogP contribution >= 0.6 is 0 Å². The molecule has 1 aromatic carbocycles.